The highest BCUT2D eigenvalue weighted by Gasteiger charge is 2.18. The number of nitrogens with zero attached hydrogens (tertiary/aromatic N) is 3. The molecule has 0 atom stereocenters. The van der Waals surface area contributed by atoms with Gasteiger partial charge in [0.15, 0.2) is 0 Å². The molecule has 0 aromatic carbocycles. The third-order valence-electron chi connectivity index (χ3n) is 3.41. The first-order chi connectivity index (χ1) is 10.4. The Morgan fingerprint density at radius 1 is 1.41 bits per heavy atom. The zero-order chi connectivity index (χ0) is 16.3. The predicted molar refractivity (Wildman–Crippen MR) is 83.2 cm³/mol. The van der Waals surface area contributed by atoms with Gasteiger partial charge in [-0.15, -0.1) is 0 Å². The molecule has 1 N–H and O–H groups in total. The van der Waals surface area contributed by atoms with E-state index >= 15 is 0 Å². The molecule has 0 aliphatic rings. The van der Waals surface area contributed by atoms with Crippen molar-refractivity contribution in [3.05, 3.63) is 45.6 Å². The van der Waals surface area contributed by atoms with Crippen LogP contribution in [-0.2, 0) is 18.3 Å². The third-order valence-corrected chi connectivity index (χ3v) is 3.41. The number of hydrogen-bond acceptors (Lipinski definition) is 4. The summed E-state index contributed by atoms with van der Waals surface area (Å²) in [5.41, 5.74) is 1.84. The van der Waals surface area contributed by atoms with Crippen LogP contribution in [-0.4, -0.2) is 34.0 Å². The van der Waals surface area contributed by atoms with Crippen molar-refractivity contribution in [2.75, 3.05) is 19.0 Å². The van der Waals surface area contributed by atoms with E-state index in [1.54, 1.807) is 36.5 Å². The topological polar surface area (TPSA) is 78.2 Å². The lowest BCUT2D eigenvalue weighted by Crippen LogP contribution is -2.32. The van der Waals surface area contributed by atoms with Crippen LogP contribution in [0.5, 0.6) is 0 Å². The van der Waals surface area contributed by atoms with Crippen molar-refractivity contribution in [2.24, 2.45) is 7.05 Å². The number of hydrogen-bond donors (Lipinski definition) is 1. The molecule has 0 saturated carbocycles. The Balaban J connectivity index is 2.37. The van der Waals surface area contributed by atoms with Crippen molar-refractivity contribution in [2.45, 2.75) is 20.4 Å². The fraction of sp³-hybridized carbons (Fsp3) is 0.400. The summed E-state index contributed by atoms with van der Waals surface area (Å²) >= 11 is 0. The fourth-order valence-corrected chi connectivity index (χ4v) is 2.34. The number of amides is 1. The van der Waals surface area contributed by atoms with E-state index in [-0.39, 0.29) is 11.1 Å². The molecule has 7 nitrogen and oxygen atoms in total. The van der Waals surface area contributed by atoms with Crippen molar-refractivity contribution in [1.29, 1.82) is 0 Å². The average Bonchev–Trinajstić information content (AvgIpc) is 2.83. The summed E-state index contributed by atoms with van der Waals surface area (Å²) in [5.74, 6) is -0.429. The lowest BCUT2D eigenvalue weighted by atomic mass is 10.1. The molecule has 0 bridgehead atoms. The third kappa shape index (κ3) is 3.25. The van der Waals surface area contributed by atoms with E-state index in [1.165, 1.54) is 6.20 Å². The maximum Gasteiger partial charge on any atom is 0.263 e. The molecule has 7 heteroatoms. The van der Waals surface area contributed by atoms with Crippen molar-refractivity contribution in [1.82, 2.24) is 14.3 Å². The maximum absolute atomic E-state index is 12.6. The normalized spacial score (nSPS) is 10.7. The number of anilines is 1. The van der Waals surface area contributed by atoms with Crippen LogP contribution in [0.4, 0.5) is 5.69 Å². The number of carbonyl (C=O) groups is 1. The molecule has 2 heterocycles. The Morgan fingerprint density at radius 3 is 2.73 bits per heavy atom. The molecule has 22 heavy (non-hydrogen) atoms. The van der Waals surface area contributed by atoms with Gasteiger partial charge in [0.05, 0.1) is 18.5 Å². The molecule has 2 rings (SSSR count). The quantitative estimate of drug-likeness (QED) is 0.897. The van der Waals surface area contributed by atoms with Gasteiger partial charge in [-0.05, 0) is 25.5 Å². The Morgan fingerprint density at radius 2 is 2.14 bits per heavy atom. The van der Waals surface area contributed by atoms with Crippen LogP contribution in [0.25, 0.3) is 0 Å². The number of ether oxygens (including phenoxy) is 1. The highest BCUT2D eigenvalue weighted by atomic mass is 16.5. The van der Waals surface area contributed by atoms with Gasteiger partial charge in [-0.25, -0.2) is 0 Å². The first-order valence-corrected chi connectivity index (χ1v) is 6.94. The van der Waals surface area contributed by atoms with Gasteiger partial charge >= 0.3 is 0 Å². The van der Waals surface area contributed by atoms with Crippen molar-refractivity contribution in [3.63, 3.8) is 0 Å². The molecular formula is C15H20N4O3. The van der Waals surface area contributed by atoms with Crippen molar-refractivity contribution >= 4 is 11.6 Å². The number of pyridine rings is 1. The molecule has 0 fully saturated rings. The summed E-state index contributed by atoms with van der Waals surface area (Å²) < 4.78 is 8.14. The second-order valence-electron chi connectivity index (χ2n) is 5.15. The summed E-state index contributed by atoms with van der Waals surface area (Å²) in [4.78, 5) is 25.0. The van der Waals surface area contributed by atoms with Gasteiger partial charge in [0.2, 0.25) is 0 Å². The monoisotopic (exact) mass is 304 g/mol. The largest absolute Gasteiger partial charge is 0.383 e. The smallest absolute Gasteiger partial charge is 0.263 e. The van der Waals surface area contributed by atoms with E-state index in [4.69, 9.17) is 4.74 Å². The standard InChI is InChI=1S/C15H20N4O3/c1-10-7-11(2)19(5-6-22-4)15(21)13(10)14(20)17-12-8-16-18(3)9-12/h7-9H,5-6H2,1-4H3,(H,17,20). The first kappa shape index (κ1) is 16.0. The van der Waals surface area contributed by atoms with Gasteiger partial charge in [0.25, 0.3) is 11.5 Å². The van der Waals surface area contributed by atoms with E-state index in [0.717, 1.165) is 5.69 Å². The number of aryl methyl sites for hydroxylation is 3. The minimum absolute atomic E-state index is 0.144. The number of nitrogens with one attached hydrogen (secondary N) is 1. The minimum atomic E-state index is -0.429. The van der Waals surface area contributed by atoms with Crippen molar-refractivity contribution < 1.29 is 9.53 Å². The van der Waals surface area contributed by atoms with Gasteiger partial charge in [-0.3, -0.25) is 14.3 Å². The van der Waals surface area contributed by atoms with E-state index in [0.29, 0.717) is 24.4 Å². The molecule has 2 aromatic heterocycles. The van der Waals surface area contributed by atoms with Crippen molar-refractivity contribution in [3.8, 4) is 0 Å². The van der Waals surface area contributed by atoms with Crippen LogP contribution < -0.4 is 10.9 Å². The van der Waals surface area contributed by atoms with Crippen LogP contribution in [0.15, 0.2) is 23.3 Å². The molecule has 118 valence electrons. The lowest BCUT2D eigenvalue weighted by molar-refractivity contribution is 0.102. The second kappa shape index (κ2) is 6.57. The first-order valence-electron chi connectivity index (χ1n) is 6.94. The van der Waals surface area contributed by atoms with E-state index in [1.807, 2.05) is 13.0 Å². The number of aromatic nitrogens is 3. The molecule has 2 aromatic rings. The molecule has 0 radical (unpaired) electrons. The van der Waals surface area contributed by atoms with E-state index in [9.17, 15) is 9.59 Å². The molecule has 0 spiro atoms. The van der Waals surface area contributed by atoms with Gasteiger partial charge in [0.1, 0.15) is 5.56 Å². The second-order valence-corrected chi connectivity index (χ2v) is 5.15. The number of carbonyl (C=O) groups excluding carboxylic acids is 1. The zero-order valence-corrected chi connectivity index (χ0v) is 13.2. The lowest BCUT2D eigenvalue weighted by Gasteiger charge is -2.13. The Hall–Kier alpha value is -2.41. The van der Waals surface area contributed by atoms with Gasteiger partial charge in [-0.1, -0.05) is 0 Å². The fourth-order valence-electron chi connectivity index (χ4n) is 2.34. The molecule has 0 unspecified atom stereocenters. The van der Waals surface area contributed by atoms with Crippen LogP contribution in [0.3, 0.4) is 0 Å². The minimum Gasteiger partial charge on any atom is -0.383 e. The van der Waals surface area contributed by atoms with Crippen LogP contribution in [0, 0.1) is 13.8 Å². The van der Waals surface area contributed by atoms with Gasteiger partial charge < -0.3 is 14.6 Å². The van der Waals surface area contributed by atoms with Crippen LogP contribution in [0.1, 0.15) is 21.6 Å². The Labute approximate surface area is 128 Å². The molecule has 0 aliphatic carbocycles. The summed E-state index contributed by atoms with van der Waals surface area (Å²) in [6, 6.07) is 1.83. The number of methoxy groups -OCH3 is 1. The highest BCUT2D eigenvalue weighted by molar-refractivity contribution is 6.04. The highest BCUT2D eigenvalue weighted by Crippen LogP contribution is 2.10. The SMILES string of the molecule is COCCn1c(C)cc(C)c(C(=O)Nc2cnn(C)c2)c1=O. The summed E-state index contributed by atoms with van der Waals surface area (Å²) in [6.45, 7) is 4.42. The average molecular weight is 304 g/mol. The molecule has 0 aliphatic heterocycles. The zero-order valence-electron chi connectivity index (χ0n) is 13.2. The summed E-state index contributed by atoms with van der Waals surface area (Å²) in [6.07, 6.45) is 3.20. The summed E-state index contributed by atoms with van der Waals surface area (Å²) in [7, 11) is 3.33. The van der Waals surface area contributed by atoms with E-state index < -0.39 is 5.91 Å². The van der Waals surface area contributed by atoms with E-state index in [2.05, 4.69) is 10.4 Å². The predicted octanol–water partition coefficient (Wildman–Crippen LogP) is 1.10. The molecule has 0 saturated heterocycles. The maximum atomic E-state index is 12.6. The van der Waals surface area contributed by atoms with Crippen LogP contribution in [0.2, 0.25) is 0 Å². The molecule has 1 amide bonds. The van der Waals surface area contributed by atoms with Crippen LogP contribution >= 0.6 is 0 Å². The van der Waals surface area contributed by atoms with Gasteiger partial charge in [-0.2, -0.15) is 5.10 Å². The number of rotatable bonds is 5. The van der Waals surface area contributed by atoms with Gasteiger partial charge in [0, 0.05) is 32.6 Å². The summed E-state index contributed by atoms with van der Waals surface area (Å²) in [5, 5.41) is 6.68. The molecular weight excluding hydrogens is 284 g/mol. The Kier molecular flexibility index (Phi) is 4.77. The Bertz CT molecular complexity index is 746.